The van der Waals surface area contributed by atoms with Crippen LogP contribution in [-0.4, -0.2) is 9.49 Å². The molecule has 0 aliphatic heterocycles. The van der Waals surface area contributed by atoms with E-state index in [1.54, 1.807) is 19.2 Å². The summed E-state index contributed by atoms with van der Waals surface area (Å²) in [6, 6.07) is 3.68. The summed E-state index contributed by atoms with van der Waals surface area (Å²) < 4.78 is 1.83. The Morgan fingerprint density at radius 3 is 2.71 bits per heavy atom. The van der Waals surface area contributed by atoms with Gasteiger partial charge in [0.25, 0.3) is 5.69 Å². The van der Waals surface area contributed by atoms with Crippen LogP contribution in [-0.2, 0) is 7.05 Å². The van der Waals surface area contributed by atoms with Gasteiger partial charge in [-0.25, -0.2) is 0 Å². The predicted octanol–water partition coefficient (Wildman–Crippen LogP) is 2.39. The van der Waals surface area contributed by atoms with Crippen molar-refractivity contribution in [2.45, 2.75) is 6.92 Å². The van der Waals surface area contributed by atoms with E-state index in [-0.39, 0.29) is 10.6 Å². The molecule has 0 fully saturated rings. The Balaban J connectivity index is 2.88. The molecule has 0 amide bonds. The number of aryl methyl sites for hydroxylation is 2. The summed E-state index contributed by atoms with van der Waals surface area (Å²) in [4.78, 5) is 10.5. The minimum absolute atomic E-state index is 0.211. The van der Waals surface area contributed by atoms with E-state index < -0.39 is 0 Å². The lowest BCUT2D eigenvalue weighted by atomic mass is 10.1. The van der Waals surface area contributed by atoms with Gasteiger partial charge in [0.2, 0.25) is 0 Å². The van der Waals surface area contributed by atoms with E-state index in [0.717, 1.165) is 5.39 Å². The number of nitro groups is 1. The van der Waals surface area contributed by atoms with Crippen molar-refractivity contribution in [2.24, 2.45) is 7.05 Å². The van der Waals surface area contributed by atoms with Crippen LogP contribution in [0.5, 0.6) is 0 Å². The highest BCUT2D eigenvalue weighted by molar-refractivity contribution is 5.92. The average Bonchev–Trinajstić information content (AvgIpc) is 2.43. The number of hydrogen-bond donors (Lipinski definition) is 0. The van der Waals surface area contributed by atoms with E-state index >= 15 is 0 Å². The monoisotopic (exact) mass is 190 g/mol. The van der Waals surface area contributed by atoms with Crippen LogP contribution in [0.3, 0.4) is 0 Å². The smallest absolute Gasteiger partial charge is 0.281 e. The molecule has 0 unspecified atom stereocenters. The third kappa shape index (κ3) is 1.16. The fourth-order valence-electron chi connectivity index (χ4n) is 1.68. The number of nitrogens with zero attached hydrogens (tertiary/aromatic N) is 2. The van der Waals surface area contributed by atoms with Gasteiger partial charge in [-0.2, -0.15) is 0 Å². The van der Waals surface area contributed by atoms with Crippen LogP contribution in [0.2, 0.25) is 0 Å². The lowest BCUT2D eigenvalue weighted by molar-refractivity contribution is -0.383. The van der Waals surface area contributed by atoms with Gasteiger partial charge in [-0.15, -0.1) is 0 Å². The SMILES string of the molecule is Cc1ccc2cn(C)cc2c1[N+](=O)[O-]. The van der Waals surface area contributed by atoms with Crippen LogP contribution in [0.25, 0.3) is 10.8 Å². The third-order valence-corrected chi connectivity index (χ3v) is 2.31. The first kappa shape index (κ1) is 8.74. The van der Waals surface area contributed by atoms with Crippen molar-refractivity contribution in [3.63, 3.8) is 0 Å². The standard InChI is InChI=1S/C10H10N2O2/c1-7-3-4-8-5-11(2)6-9(8)10(7)12(13)14/h3-6H,1-2H3. The second-order valence-corrected chi connectivity index (χ2v) is 3.41. The van der Waals surface area contributed by atoms with Gasteiger partial charge in [0.15, 0.2) is 0 Å². The van der Waals surface area contributed by atoms with E-state index in [0.29, 0.717) is 10.9 Å². The molecule has 0 bridgehead atoms. The molecule has 0 saturated heterocycles. The number of rotatable bonds is 1. The molecular formula is C10H10N2O2. The van der Waals surface area contributed by atoms with Gasteiger partial charge >= 0.3 is 0 Å². The van der Waals surface area contributed by atoms with Crippen LogP contribution < -0.4 is 0 Å². The second-order valence-electron chi connectivity index (χ2n) is 3.41. The Morgan fingerprint density at radius 1 is 1.36 bits per heavy atom. The predicted molar refractivity (Wildman–Crippen MR) is 54.3 cm³/mol. The van der Waals surface area contributed by atoms with E-state index in [1.165, 1.54) is 0 Å². The molecule has 0 aliphatic rings. The van der Waals surface area contributed by atoms with Crippen LogP contribution in [0, 0.1) is 17.0 Å². The van der Waals surface area contributed by atoms with Crippen LogP contribution in [0.1, 0.15) is 5.56 Å². The van der Waals surface area contributed by atoms with Crippen LogP contribution >= 0.6 is 0 Å². The lowest BCUT2D eigenvalue weighted by Gasteiger charge is -1.97. The number of nitro benzene ring substituents is 1. The molecule has 72 valence electrons. The summed E-state index contributed by atoms with van der Waals surface area (Å²) in [5, 5.41) is 12.5. The van der Waals surface area contributed by atoms with Crippen molar-refractivity contribution in [3.05, 3.63) is 40.2 Å². The zero-order valence-electron chi connectivity index (χ0n) is 8.02. The number of fused-ring (bicyclic) bond motifs is 1. The molecule has 14 heavy (non-hydrogen) atoms. The van der Waals surface area contributed by atoms with Gasteiger partial charge in [-0.1, -0.05) is 12.1 Å². The third-order valence-electron chi connectivity index (χ3n) is 2.31. The Kier molecular flexibility index (Phi) is 1.77. The summed E-state index contributed by atoms with van der Waals surface area (Å²) in [6.07, 6.45) is 3.66. The number of aromatic nitrogens is 1. The first-order valence-corrected chi connectivity index (χ1v) is 4.29. The largest absolute Gasteiger partial charge is 0.356 e. The lowest BCUT2D eigenvalue weighted by Crippen LogP contribution is -1.91. The van der Waals surface area contributed by atoms with Crippen molar-refractivity contribution in [2.75, 3.05) is 0 Å². The zero-order valence-corrected chi connectivity index (χ0v) is 8.02. The minimum atomic E-state index is -0.322. The molecule has 0 aliphatic carbocycles. The van der Waals surface area contributed by atoms with Gasteiger partial charge in [0, 0.05) is 30.4 Å². The van der Waals surface area contributed by atoms with Crippen molar-refractivity contribution in [1.29, 1.82) is 0 Å². The highest BCUT2D eigenvalue weighted by Gasteiger charge is 2.16. The Hall–Kier alpha value is -1.84. The Bertz CT molecular complexity index is 514. The highest BCUT2D eigenvalue weighted by atomic mass is 16.6. The summed E-state index contributed by atoms with van der Waals surface area (Å²) in [5.74, 6) is 0. The molecule has 4 nitrogen and oxygen atoms in total. The van der Waals surface area contributed by atoms with Gasteiger partial charge in [-0.3, -0.25) is 10.1 Å². The quantitative estimate of drug-likeness (QED) is 0.512. The van der Waals surface area contributed by atoms with Crippen LogP contribution in [0.4, 0.5) is 5.69 Å². The highest BCUT2D eigenvalue weighted by Crippen LogP contribution is 2.29. The van der Waals surface area contributed by atoms with Gasteiger partial charge < -0.3 is 4.57 Å². The number of benzene rings is 1. The minimum Gasteiger partial charge on any atom is -0.356 e. The normalized spacial score (nSPS) is 10.7. The molecule has 1 aromatic heterocycles. The first-order valence-electron chi connectivity index (χ1n) is 4.29. The van der Waals surface area contributed by atoms with Gasteiger partial charge in [0.1, 0.15) is 0 Å². The fraction of sp³-hybridized carbons (Fsp3) is 0.200. The topological polar surface area (TPSA) is 48.1 Å². The fourth-order valence-corrected chi connectivity index (χ4v) is 1.68. The molecule has 2 rings (SSSR count). The summed E-state index contributed by atoms with van der Waals surface area (Å²) in [6.45, 7) is 1.75. The van der Waals surface area contributed by atoms with E-state index in [2.05, 4.69) is 0 Å². The molecule has 4 heteroatoms. The summed E-state index contributed by atoms with van der Waals surface area (Å²) >= 11 is 0. The molecule has 0 atom stereocenters. The zero-order chi connectivity index (χ0) is 10.3. The molecule has 1 heterocycles. The van der Waals surface area contributed by atoms with E-state index in [4.69, 9.17) is 0 Å². The maximum absolute atomic E-state index is 10.8. The molecule has 0 spiro atoms. The molecular weight excluding hydrogens is 180 g/mol. The second kappa shape index (κ2) is 2.83. The molecule has 2 aromatic rings. The van der Waals surface area contributed by atoms with Crippen molar-refractivity contribution >= 4 is 16.5 Å². The molecule has 0 radical (unpaired) electrons. The van der Waals surface area contributed by atoms with E-state index in [9.17, 15) is 10.1 Å². The molecule has 0 saturated carbocycles. The maximum atomic E-state index is 10.8. The average molecular weight is 190 g/mol. The Labute approximate surface area is 80.9 Å². The first-order chi connectivity index (χ1) is 6.59. The maximum Gasteiger partial charge on any atom is 0.281 e. The van der Waals surface area contributed by atoms with Crippen molar-refractivity contribution in [3.8, 4) is 0 Å². The Morgan fingerprint density at radius 2 is 2.07 bits per heavy atom. The number of hydrogen-bond acceptors (Lipinski definition) is 2. The van der Waals surface area contributed by atoms with Gasteiger partial charge in [0.05, 0.1) is 10.3 Å². The van der Waals surface area contributed by atoms with Crippen molar-refractivity contribution < 1.29 is 4.92 Å². The van der Waals surface area contributed by atoms with E-state index in [1.807, 2.05) is 23.9 Å². The van der Waals surface area contributed by atoms with Crippen molar-refractivity contribution in [1.82, 2.24) is 4.57 Å². The van der Waals surface area contributed by atoms with Gasteiger partial charge in [-0.05, 0) is 6.92 Å². The molecule has 1 aromatic carbocycles. The van der Waals surface area contributed by atoms with Crippen LogP contribution in [0.15, 0.2) is 24.5 Å². The summed E-state index contributed by atoms with van der Waals surface area (Å²) in [7, 11) is 1.86. The molecule has 0 N–H and O–H groups in total. The summed E-state index contributed by atoms with van der Waals surface area (Å²) in [5.41, 5.74) is 0.914.